The molecule has 0 amide bonds. The summed E-state index contributed by atoms with van der Waals surface area (Å²) in [5.41, 5.74) is 3.39. The quantitative estimate of drug-likeness (QED) is 0.777. The monoisotopic (exact) mass is 287 g/mol. The van der Waals surface area contributed by atoms with Crippen molar-refractivity contribution in [2.24, 2.45) is 0 Å². The highest BCUT2D eigenvalue weighted by molar-refractivity contribution is 9.10. The molecule has 0 saturated heterocycles. The van der Waals surface area contributed by atoms with E-state index in [1.54, 1.807) is 0 Å². The van der Waals surface area contributed by atoms with Gasteiger partial charge in [0.1, 0.15) is 0 Å². The van der Waals surface area contributed by atoms with Gasteiger partial charge in [-0.3, -0.25) is 0 Å². The molecule has 0 bridgehead atoms. The number of anilines is 1. The van der Waals surface area contributed by atoms with E-state index in [1.165, 1.54) is 5.56 Å². The first-order valence-corrected chi connectivity index (χ1v) is 6.19. The topological polar surface area (TPSA) is 52.5 Å². The van der Waals surface area contributed by atoms with E-state index in [9.17, 15) is 5.11 Å². The summed E-state index contributed by atoms with van der Waals surface area (Å²) in [5, 5.41) is 21.2. The summed E-state index contributed by atoms with van der Waals surface area (Å²) in [4.78, 5) is 0. The first kappa shape index (κ1) is 13.5. The molecule has 3 N–H and O–H groups in total. The first-order valence-electron chi connectivity index (χ1n) is 5.40. The Morgan fingerprint density at radius 3 is 2.69 bits per heavy atom. The number of hydrogen-bond acceptors (Lipinski definition) is 3. The molecule has 0 heterocycles. The average Bonchev–Trinajstić information content (AvgIpc) is 2.26. The zero-order valence-electron chi connectivity index (χ0n) is 9.63. The molecule has 1 aromatic rings. The number of nitrogens with one attached hydrogen (secondary N) is 1. The Kier molecular flexibility index (Phi) is 5.25. The molecule has 1 unspecified atom stereocenters. The van der Waals surface area contributed by atoms with Crippen LogP contribution in [0, 0.1) is 6.92 Å². The molecule has 0 aliphatic carbocycles. The molecular formula is C12H18BrNO2. The van der Waals surface area contributed by atoms with Gasteiger partial charge in [-0.2, -0.15) is 0 Å². The third-order valence-electron chi connectivity index (χ3n) is 2.49. The third-order valence-corrected chi connectivity index (χ3v) is 2.95. The predicted octanol–water partition coefficient (Wildman–Crippen LogP) is 2.09. The maximum absolute atomic E-state index is 9.31. The van der Waals surface area contributed by atoms with Gasteiger partial charge in [0.15, 0.2) is 0 Å². The van der Waals surface area contributed by atoms with Crippen LogP contribution in [0.15, 0.2) is 16.6 Å². The van der Waals surface area contributed by atoms with Crippen molar-refractivity contribution in [2.75, 3.05) is 18.5 Å². The lowest BCUT2D eigenvalue weighted by atomic mass is 10.1. The molecule has 1 rings (SSSR count). The van der Waals surface area contributed by atoms with Crippen molar-refractivity contribution >= 4 is 21.6 Å². The number of halogens is 1. The summed E-state index contributed by atoms with van der Waals surface area (Å²) >= 11 is 3.46. The van der Waals surface area contributed by atoms with Crippen LogP contribution in [-0.2, 0) is 6.42 Å². The Balaban J connectivity index is 2.85. The largest absolute Gasteiger partial charge is 0.394 e. The van der Waals surface area contributed by atoms with Crippen molar-refractivity contribution < 1.29 is 10.2 Å². The second-order valence-corrected chi connectivity index (χ2v) is 4.74. The van der Waals surface area contributed by atoms with E-state index in [0.29, 0.717) is 6.54 Å². The molecule has 0 aliphatic heterocycles. The molecule has 0 aromatic heterocycles. The van der Waals surface area contributed by atoms with Crippen LogP contribution in [0.3, 0.4) is 0 Å². The molecule has 3 nitrogen and oxygen atoms in total. The minimum atomic E-state index is -0.715. The van der Waals surface area contributed by atoms with Crippen LogP contribution in [0.1, 0.15) is 18.1 Å². The molecular weight excluding hydrogens is 270 g/mol. The molecule has 1 aromatic carbocycles. The number of aryl methyl sites for hydroxylation is 2. The maximum Gasteiger partial charge on any atom is 0.0942 e. The molecule has 4 heteroatoms. The molecule has 0 radical (unpaired) electrons. The van der Waals surface area contributed by atoms with Crippen molar-refractivity contribution in [1.29, 1.82) is 0 Å². The maximum atomic E-state index is 9.31. The first-order chi connectivity index (χ1) is 7.58. The molecule has 90 valence electrons. The fourth-order valence-corrected chi connectivity index (χ4v) is 2.25. The van der Waals surface area contributed by atoms with Gasteiger partial charge in [0.05, 0.1) is 12.7 Å². The van der Waals surface area contributed by atoms with Crippen LogP contribution in [-0.4, -0.2) is 29.5 Å². The summed E-state index contributed by atoms with van der Waals surface area (Å²) in [6.45, 7) is 4.27. The van der Waals surface area contributed by atoms with E-state index >= 15 is 0 Å². The number of hydrogen-bond donors (Lipinski definition) is 3. The Hall–Kier alpha value is -0.580. The van der Waals surface area contributed by atoms with Crippen LogP contribution in [0.2, 0.25) is 0 Å². The van der Waals surface area contributed by atoms with E-state index in [2.05, 4.69) is 34.2 Å². The molecule has 0 saturated carbocycles. The fourth-order valence-electron chi connectivity index (χ4n) is 1.63. The van der Waals surface area contributed by atoms with Crippen molar-refractivity contribution in [3.05, 3.63) is 27.7 Å². The second kappa shape index (κ2) is 6.23. The lowest BCUT2D eigenvalue weighted by Crippen LogP contribution is -2.23. The minimum absolute atomic E-state index is 0.218. The van der Waals surface area contributed by atoms with Crippen LogP contribution >= 0.6 is 15.9 Å². The van der Waals surface area contributed by atoms with E-state index in [4.69, 9.17) is 5.11 Å². The SMILES string of the molecule is CCc1cc(Br)cc(C)c1NCC(O)CO. The highest BCUT2D eigenvalue weighted by atomic mass is 79.9. The standard InChI is InChI=1S/C12H18BrNO2/c1-3-9-5-10(13)4-8(2)12(9)14-6-11(16)7-15/h4-5,11,14-16H,3,6-7H2,1-2H3. The number of aliphatic hydroxyl groups is 2. The smallest absolute Gasteiger partial charge is 0.0942 e. The second-order valence-electron chi connectivity index (χ2n) is 3.83. The average molecular weight is 288 g/mol. The summed E-state index contributed by atoms with van der Waals surface area (Å²) in [6, 6.07) is 4.10. The molecule has 16 heavy (non-hydrogen) atoms. The van der Waals surface area contributed by atoms with Crippen LogP contribution < -0.4 is 5.32 Å². The third kappa shape index (κ3) is 3.47. The molecule has 0 spiro atoms. The lowest BCUT2D eigenvalue weighted by Gasteiger charge is -2.16. The van der Waals surface area contributed by atoms with Gasteiger partial charge in [-0.1, -0.05) is 22.9 Å². The van der Waals surface area contributed by atoms with Gasteiger partial charge in [0.2, 0.25) is 0 Å². The van der Waals surface area contributed by atoms with Gasteiger partial charge < -0.3 is 15.5 Å². The van der Waals surface area contributed by atoms with Gasteiger partial charge in [-0.05, 0) is 36.6 Å². The van der Waals surface area contributed by atoms with Crippen molar-refractivity contribution in [3.8, 4) is 0 Å². The minimum Gasteiger partial charge on any atom is -0.394 e. The Morgan fingerprint density at radius 2 is 2.12 bits per heavy atom. The highest BCUT2D eigenvalue weighted by Crippen LogP contribution is 2.26. The zero-order chi connectivity index (χ0) is 12.1. The van der Waals surface area contributed by atoms with Crippen LogP contribution in [0.5, 0.6) is 0 Å². The van der Waals surface area contributed by atoms with E-state index in [0.717, 1.165) is 22.1 Å². The van der Waals surface area contributed by atoms with Gasteiger partial charge in [0, 0.05) is 16.7 Å². The van der Waals surface area contributed by atoms with E-state index in [-0.39, 0.29) is 6.61 Å². The van der Waals surface area contributed by atoms with E-state index in [1.807, 2.05) is 13.0 Å². The van der Waals surface area contributed by atoms with Crippen molar-refractivity contribution in [2.45, 2.75) is 26.4 Å². The zero-order valence-corrected chi connectivity index (χ0v) is 11.2. The van der Waals surface area contributed by atoms with Gasteiger partial charge >= 0.3 is 0 Å². The number of rotatable bonds is 5. The summed E-state index contributed by atoms with van der Waals surface area (Å²) in [6.07, 6.45) is 0.213. The molecule has 1 atom stereocenters. The predicted molar refractivity (Wildman–Crippen MR) is 69.8 cm³/mol. The van der Waals surface area contributed by atoms with Crippen LogP contribution in [0.4, 0.5) is 5.69 Å². The van der Waals surface area contributed by atoms with Crippen molar-refractivity contribution in [3.63, 3.8) is 0 Å². The molecule has 0 fully saturated rings. The van der Waals surface area contributed by atoms with Gasteiger partial charge in [0.25, 0.3) is 0 Å². The Bertz CT molecular complexity index is 355. The van der Waals surface area contributed by atoms with E-state index < -0.39 is 6.10 Å². The lowest BCUT2D eigenvalue weighted by molar-refractivity contribution is 0.105. The fraction of sp³-hybridized carbons (Fsp3) is 0.500. The summed E-state index contributed by atoms with van der Waals surface area (Å²) in [5.74, 6) is 0. The summed E-state index contributed by atoms with van der Waals surface area (Å²) < 4.78 is 1.06. The number of aliphatic hydroxyl groups excluding tert-OH is 2. The van der Waals surface area contributed by atoms with Gasteiger partial charge in [-0.15, -0.1) is 0 Å². The highest BCUT2D eigenvalue weighted by Gasteiger charge is 2.08. The Labute approximate surface area is 105 Å². The van der Waals surface area contributed by atoms with Crippen LogP contribution in [0.25, 0.3) is 0 Å². The Morgan fingerprint density at radius 1 is 1.44 bits per heavy atom. The van der Waals surface area contributed by atoms with Gasteiger partial charge in [-0.25, -0.2) is 0 Å². The number of benzene rings is 1. The normalized spacial score (nSPS) is 12.6. The summed E-state index contributed by atoms with van der Waals surface area (Å²) in [7, 11) is 0. The molecule has 0 aliphatic rings. The van der Waals surface area contributed by atoms with Crippen molar-refractivity contribution in [1.82, 2.24) is 0 Å².